The molecule has 0 saturated heterocycles. The molecule has 0 spiro atoms. The van der Waals surface area contributed by atoms with Gasteiger partial charge in [0.2, 0.25) is 0 Å². The highest BCUT2D eigenvalue weighted by molar-refractivity contribution is 5.92. The van der Waals surface area contributed by atoms with Gasteiger partial charge in [-0.15, -0.1) is 0 Å². The van der Waals surface area contributed by atoms with E-state index in [1.165, 1.54) is 25.8 Å². The van der Waals surface area contributed by atoms with E-state index in [-0.39, 0.29) is 11.3 Å². The maximum atomic E-state index is 11.1. The van der Waals surface area contributed by atoms with Crippen LogP contribution in [0.2, 0.25) is 0 Å². The minimum absolute atomic E-state index is 0.0948. The standard InChI is InChI=1S/C13H11N5O3/c1-21-9-4-7(2-3-8(9)13(19)20)18-12-10-11(15-5-14-10)16-6-17-12/h2-6H,1H3,(H,19,20)(H2,14,15,16,17,18). The molecule has 0 saturated carbocycles. The van der Waals surface area contributed by atoms with E-state index in [0.29, 0.717) is 22.7 Å². The lowest BCUT2D eigenvalue weighted by Gasteiger charge is -2.09. The number of nitrogens with one attached hydrogen (secondary N) is 2. The van der Waals surface area contributed by atoms with Gasteiger partial charge in [-0.1, -0.05) is 0 Å². The molecule has 8 heteroatoms. The zero-order valence-electron chi connectivity index (χ0n) is 11.0. The van der Waals surface area contributed by atoms with E-state index < -0.39 is 5.97 Å². The molecule has 0 amide bonds. The third-order valence-electron chi connectivity index (χ3n) is 2.92. The Balaban J connectivity index is 1.98. The number of hydrogen-bond donors (Lipinski definition) is 3. The summed E-state index contributed by atoms with van der Waals surface area (Å²) in [6.45, 7) is 0. The number of aromatic nitrogens is 4. The molecule has 106 valence electrons. The van der Waals surface area contributed by atoms with E-state index in [4.69, 9.17) is 9.84 Å². The SMILES string of the molecule is COc1cc(Nc2ncnc3nc[nH]c23)ccc1C(=O)O. The molecule has 0 aliphatic carbocycles. The van der Waals surface area contributed by atoms with E-state index in [1.807, 2.05) is 0 Å². The summed E-state index contributed by atoms with van der Waals surface area (Å²) in [7, 11) is 1.42. The van der Waals surface area contributed by atoms with Crippen molar-refractivity contribution in [3.8, 4) is 5.75 Å². The van der Waals surface area contributed by atoms with Gasteiger partial charge < -0.3 is 20.1 Å². The number of fused-ring (bicyclic) bond motifs is 1. The molecular formula is C13H11N5O3. The first kappa shape index (κ1) is 12.9. The molecule has 0 atom stereocenters. The first-order valence-electron chi connectivity index (χ1n) is 6.01. The first-order chi connectivity index (χ1) is 10.2. The maximum absolute atomic E-state index is 11.1. The number of rotatable bonds is 4. The van der Waals surface area contributed by atoms with Crippen LogP contribution in [-0.4, -0.2) is 38.1 Å². The summed E-state index contributed by atoms with van der Waals surface area (Å²) in [4.78, 5) is 26.2. The van der Waals surface area contributed by atoms with Gasteiger partial charge in [0.05, 0.1) is 13.4 Å². The maximum Gasteiger partial charge on any atom is 0.339 e. The van der Waals surface area contributed by atoms with E-state index in [1.54, 1.807) is 12.1 Å². The molecular weight excluding hydrogens is 274 g/mol. The second-order valence-electron chi connectivity index (χ2n) is 4.17. The normalized spacial score (nSPS) is 10.5. The number of aromatic amines is 1. The molecule has 0 fully saturated rings. The number of carboxylic acid groups (broad SMARTS) is 1. The quantitative estimate of drug-likeness (QED) is 0.669. The summed E-state index contributed by atoms with van der Waals surface area (Å²) in [6, 6.07) is 4.69. The third kappa shape index (κ3) is 2.34. The molecule has 21 heavy (non-hydrogen) atoms. The number of nitrogens with zero attached hydrogens (tertiary/aromatic N) is 3. The van der Waals surface area contributed by atoms with Gasteiger partial charge in [-0.3, -0.25) is 0 Å². The Kier molecular flexibility index (Phi) is 3.11. The molecule has 0 unspecified atom stereocenters. The highest BCUT2D eigenvalue weighted by atomic mass is 16.5. The van der Waals surface area contributed by atoms with Crippen molar-refractivity contribution in [2.24, 2.45) is 0 Å². The molecule has 0 aliphatic heterocycles. The Morgan fingerprint density at radius 2 is 2.19 bits per heavy atom. The van der Waals surface area contributed by atoms with Crippen LogP contribution >= 0.6 is 0 Å². The molecule has 0 bridgehead atoms. The fraction of sp³-hybridized carbons (Fsp3) is 0.0769. The number of aromatic carboxylic acids is 1. The van der Waals surface area contributed by atoms with Crippen LogP contribution in [0.1, 0.15) is 10.4 Å². The van der Waals surface area contributed by atoms with Crippen molar-refractivity contribution >= 4 is 28.6 Å². The summed E-state index contributed by atoms with van der Waals surface area (Å²) >= 11 is 0. The lowest BCUT2D eigenvalue weighted by atomic mass is 10.2. The molecule has 2 heterocycles. The van der Waals surface area contributed by atoms with Crippen LogP contribution in [0.25, 0.3) is 11.2 Å². The first-order valence-corrected chi connectivity index (χ1v) is 6.01. The van der Waals surface area contributed by atoms with Crippen LogP contribution in [0, 0.1) is 0 Å². The summed E-state index contributed by atoms with van der Waals surface area (Å²) in [6.07, 6.45) is 2.92. The van der Waals surface area contributed by atoms with Gasteiger partial charge in [0, 0.05) is 11.8 Å². The number of carbonyl (C=O) groups is 1. The Hall–Kier alpha value is -3.16. The number of ether oxygens (including phenoxy) is 1. The average molecular weight is 285 g/mol. The number of carboxylic acids is 1. The topological polar surface area (TPSA) is 113 Å². The van der Waals surface area contributed by atoms with Gasteiger partial charge in [-0.2, -0.15) is 0 Å². The van der Waals surface area contributed by atoms with Crippen molar-refractivity contribution in [3.05, 3.63) is 36.4 Å². The summed E-state index contributed by atoms with van der Waals surface area (Å²) < 4.78 is 5.08. The molecule has 8 nitrogen and oxygen atoms in total. The van der Waals surface area contributed by atoms with E-state index >= 15 is 0 Å². The second kappa shape index (κ2) is 5.08. The zero-order valence-corrected chi connectivity index (χ0v) is 11.0. The predicted octanol–water partition coefficient (Wildman–Crippen LogP) is 1.80. The van der Waals surface area contributed by atoms with Crippen molar-refractivity contribution in [2.45, 2.75) is 0 Å². The van der Waals surface area contributed by atoms with E-state index in [9.17, 15) is 4.79 Å². The minimum Gasteiger partial charge on any atom is -0.496 e. The number of anilines is 2. The lowest BCUT2D eigenvalue weighted by Crippen LogP contribution is -2.02. The van der Waals surface area contributed by atoms with Crippen LogP contribution in [0.4, 0.5) is 11.5 Å². The van der Waals surface area contributed by atoms with Crippen molar-refractivity contribution in [2.75, 3.05) is 12.4 Å². The Morgan fingerprint density at radius 3 is 2.95 bits per heavy atom. The number of methoxy groups -OCH3 is 1. The average Bonchev–Trinajstić information content (AvgIpc) is 2.96. The monoisotopic (exact) mass is 285 g/mol. The van der Waals surface area contributed by atoms with Crippen LogP contribution < -0.4 is 10.1 Å². The predicted molar refractivity (Wildman–Crippen MR) is 74.9 cm³/mol. The zero-order chi connectivity index (χ0) is 14.8. The fourth-order valence-electron chi connectivity index (χ4n) is 1.94. The van der Waals surface area contributed by atoms with E-state index in [0.717, 1.165) is 0 Å². The van der Waals surface area contributed by atoms with Crippen LogP contribution in [-0.2, 0) is 0 Å². The Morgan fingerprint density at radius 1 is 1.33 bits per heavy atom. The van der Waals surface area contributed by atoms with Crippen molar-refractivity contribution in [1.29, 1.82) is 0 Å². The van der Waals surface area contributed by atoms with Crippen molar-refractivity contribution in [1.82, 2.24) is 19.9 Å². The largest absolute Gasteiger partial charge is 0.496 e. The molecule has 1 aromatic carbocycles. The summed E-state index contributed by atoms with van der Waals surface area (Å²) in [5, 5.41) is 12.1. The number of hydrogen-bond acceptors (Lipinski definition) is 6. The molecule has 3 rings (SSSR count). The van der Waals surface area contributed by atoms with Crippen LogP contribution in [0.5, 0.6) is 5.75 Å². The highest BCUT2D eigenvalue weighted by Gasteiger charge is 2.12. The second-order valence-corrected chi connectivity index (χ2v) is 4.17. The van der Waals surface area contributed by atoms with Crippen molar-refractivity contribution < 1.29 is 14.6 Å². The van der Waals surface area contributed by atoms with Crippen molar-refractivity contribution in [3.63, 3.8) is 0 Å². The third-order valence-corrected chi connectivity index (χ3v) is 2.92. The van der Waals surface area contributed by atoms with Gasteiger partial charge in [0.1, 0.15) is 23.2 Å². The smallest absolute Gasteiger partial charge is 0.339 e. The van der Waals surface area contributed by atoms with Gasteiger partial charge in [0.15, 0.2) is 11.5 Å². The molecule has 3 N–H and O–H groups in total. The molecule has 0 aliphatic rings. The molecule has 3 aromatic rings. The highest BCUT2D eigenvalue weighted by Crippen LogP contribution is 2.26. The van der Waals surface area contributed by atoms with Gasteiger partial charge in [-0.05, 0) is 12.1 Å². The lowest BCUT2D eigenvalue weighted by molar-refractivity contribution is 0.0693. The van der Waals surface area contributed by atoms with E-state index in [2.05, 4.69) is 25.3 Å². The van der Waals surface area contributed by atoms with Gasteiger partial charge >= 0.3 is 5.97 Å². The molecule has 0 radical (unpaired) electrons. The Labute approximate surface area is 118 Å². The van der Waals surface area contributed by atoms with Crippen LogP contribution in [0.15, 0.2) is 30.9 Å². The van der Waals surface area contributed by atoms with Gasteiger partial charge in [0.25, 0.3) is 0 Å². The fourth-order valence-corrected chi connectivity index (χ4v) is 1.94. The van der Waals surface area contributed by atoms with Gasteiger partial charge in [-0.25, -0.2) is 19.7 Å². The summed E-state index contributed by atoms with van der Waals surface area (Å²) in [5.74, 6) is -0.235. The number of H-pyrrole nitrogens is 1. The number of imidazole rings is 1. The Bertz CT molecular complexity index is 814. The van der Waals surface area contributed by atoms with Crippen LogP contribution in [0.3, 0.4) is 0 Å². The summed E-state index contributed by atoms with van der Waals surface area (Å²) in [5.41, 5.74) is 1.95. The minimum atomic E-state index is -1.05. The molecule has 2 aromatic heterocycles. The number of benzene rings is 1.